The third-order valence-corrected chi connectivity index (χ3v) is 3.16. The van der Waals surface area contributed by atoms with Gasteiger partial charge in [-0.2, -0.15) is 0 Å². The van der Waals surface area contributed by atoms with E-state index in [1.54, 1.807) is 12.1 Å². The molecule has 0 saturated heterocycles. The molecule has 5 nitrogen and oxygen atoms in total. The number of benzene rings is 1. The maximum Gasteiger partial charge on any atom is 0.337 e. The van der Waals surface area contributed by atoms with E-state index in [0.29, 0.717) is 21.5 Å². The number of pyridine rings is 1. The first-order chi connectivity index (χ1) is 9.52. The second-order valence-corrected chi connectivity index (χ2v) is 5.03. The maximum atomic E-state index is 13.4. The van der Waals surface area contributed by atoms with Crippen LogP contribution < -0.4 is 0 Å². The molecule has 0 spiro atoms. The summed E-state index contributed by atoms with van der Waals surface area (Å²) in [5, 5.41) is 13.1. The maximum absolute atomic E-state index is 13.4. The van der Waals surface area contributed by atoms with Crippen LogP contribution in [0, 0.1) is 5.82 Å². The molecule has 100 valence electrons. The lowest BCUT2D eigenvalue weighted by Crippen LogP contribution is -1.99. The van der Waals surface area contributed by atoms with E-state index in [4.69, 9.17) is 5.11 Å². The standard InChI is InChI=1S/C13H7BrFN3O2/c14-9-3-8(4-10(15)5-9)12-16-11-2-1-7(13(19)20)6-18(11)17-12/h1-6H,(H,19,20). The SMILES string of the molecule is O=C(O)c1ccc2nc(-c3cc(F)cc(Br)c3)nn2c1. The zero-order valence-electron chi connectivity index (χ0n) is 9.92. The monoisotopic (exact) mass is 335 g/mol. The fourth-order valence-electron chi connectivity index (χ4n) is 1.81. The highest BCUT2D eigenvalue weighted by atomic mass is 79.9. The molecule has 0 radical (unpaired) electrons. The Hall–Kier alpha value is -2.28. The summed E-state index contributed by atoms with van der Waals surface area (Å²) in [6.07, 6.45) is 1.36. The summed E-state index contributed by atoms with van der Waals surface area (Å²) in [5.74, 6) is -1.12. The van der Waals surface area contributed by atoms with Crippen molar-refractivity contribution in [3.63, 3.8) is 0 Å². The van der Waals surface area contributed by atoms with Gasteiger partial charge in [0.1, 0.15) is 5.82 Å². The molecule has 3 aromatic rings. The molecular weight excluding hydrogens is 329 g/mol. The van der Waals surface area contributed by atoms with Gasteiger partial charge >= 0.3 is 5.97 Å². The average molecular weight is 336 g/mol. The molecular formula is C13H7BrFN3O2. The summed E-state index contributed by atoms with van der Waals surface area (Å²) in [6.45, 7) is 0. The zero-order chi connectivity index (χ0) is 14.3. The minimum absolute atomic E-state index is 0.106. The van der Waals surface area contributed by atoms with Crippen molar-refractivity contribution in [1.82, 2.24) is 14.6 Å². The molecule has 3 rings (SSSR count). The van der Waals surface area contributed by atoms with Gasteiger partial charge in [-0.1, -0.05) is 15.9 Å². The van der Waals surface area contributed by atoms with E-state index >= 15 is 0 Å². The first-order valence-electron chi connectivity index (χ1n) is 5.59. The van der Waals surface area contributed by atoms with Crippen LogP contribution in [0.15, 0.2) is 41.0 Å². The van der Waals surface area contributed by atoms with Crippen molar-refractivity contribution in [2.45, 2.75) is 0 Å². The number of fused-ring (bicyclic) bond motifs is 1. The van der Waals surface area contributed by atoms with Gasteiger partial charge in [-0.15, -0.1) is 5.10 Å². The molecule has 2 aromatic heterocycles. The summed E-state index contributed by atoms with van der Waals surface area (Å²) in [5.41, 5.74) is 1.11. The Morgan fingerprint density at radius 1 is 1.30 bits per heavy atom. The number of rotatable bonds is 2. The van der Waals surface area contributed by atoms with Crippen molar-refractivity contribution in [1.29, 1.82) is 0 Å². The smallest absolute Gasteiger partial charge is 0.337 e. The van der Waals surface area contributed by atoms with Gasteiger partial charge in [0.05, 0.1) is 5.56 Å². The van der Waals surface area contributed by atoms with E-state index in [1.807, 2.05) is 0 Å². The number of aromatic carboxylic acids is 1. The van der Waals surface area contributed by atoms with E-state index in [9.17, 15) is 9.18 Å². The molecule has 1 N–H and O–H groups in total. The van der Waals surface area contributed by atoms with Crippen LogP contribution in [0.2, 0.25) is 0 Å². The number of nitrogens with zero attached hydrogens (tertiary/aromatic N) is 3. The third kappa shape index (κ3) is 2.27. The minimum Gasteiger partial charge on any atom is -0.478 e. The van der Waals surface area contributed by atoms with Gasteiger partial charge in [0.25, 0.3) is 0 Å². The van der Waals surface area contributed by atoms with Crippen LogP contribution in [0.5, 0.6) is 0 Å². The van der Waals surface area contributed by atoms with Gasteiger partial charge < -0.3 is 5.11 Å². The average Bonchev–Trinajstić information content (AvgIpc) is 2.80. The van der Waals surface area contributed by atoms with Crippen molar-refractivity contribution >= 4 is 27.5 Å². The molecule has 0 atom stereocenters. The lowest BCUT2D eigenvalue weighted by molar-refractivity contribution is 0.0696. The largest absolute Gasteiger partial charge is 0.478 e. The first kappa shape index (κ1) is 12.7. The molecule has 0 saturated carbocycles. The highest BCUT2D eigenvalue weighted by Gasteiger charge is 2.10. The Bertz CT molecular complexity index is 811. The molecule has 0 amide bonds. The van der Waals surface area contributed by atoms with Crippen LogP contribution in [-0.2, 0) is 0 Å². The van der Waals surface area contributed by atoms with E-state index in [1.165, 1.54) is 28.9 Å². The van der Waals surface area contributed by atoms with Crippen molar-refractivity contribution < 1.29 is 14.3 Å². The predicted octanol–water partition coefficient (Wildman–Crippen LogP) is 3.00. The number of carbonyl (C=O) groups is 1. The van der Waals surface area contributed by atoms with E-state index in [0.717, 1.165) is 0 Å². The Balaban J connectivity index is 2.15. The quantitative estimate of drug-likeness (QED) is 0.781. The summed E-state index contributed by atoms with van der Waals surface area (Å²) in [4.78, 5) is 15.1. The molecule has 1 aromatic carbocycles. The van der Waals surface area contributed by atoms with Crippen LogP contribution in [-0.4, -0.2) is 25.7 Å². The van der Waals surface area contributed by atoms with Gasteiger partial charge in [-0.25, -0.2) is 18.7 Å². The number of aromatic nitrogens is 3. The van der Waals surface area contributed by atoms with Gasteiger partial charge in [0.2, 0.25) is 0 Å². The van der Waals surface area contributed by atoms with Crippen molar-refractivity contribution in [3.05, 3.63) is 52.4 Å². The Kier molecular flexibility index (Phi) is 2.98. The van der Waals surface area contributed by atoms with Gasteiger partial charge in [-0.3, -0.25) is 0 Å². The van der Waals surface area contributed by atoms with Gasteiger partial charge in [0.15, 0.2) is 11.5 Å². The summed E-state index contributed by atoms with van der Waals surface area (Å²) >= 11 is 3.20. The number of hydrogen-bond donors (Lipinski definition) is 1. The van der Waals surface area contributed by atoms with Crippen molar-refractivity contribution in [3.8, 4) is 11.4 Å². The van der Waals surface area contributed by atoms with Gasteiger partial charge in [0, 0.05) is 16.2 Å². The Morgan fingerprint density at radius 3 is 2.80 bits per heavy atom. The lowest BCUT2D eigenvalue weighted by atomic mass is 10.2. The van der Waals surface area contributed by atoms with Gasteiger partial charge in [-0.05, 0) is 30.3 Å². The zero-order valence-corrected chi connectivity index (χ0v) is 11.5. The Labute approximate surface area is 120 Å². The first-order valence-corrected chi connectivity index (χ1v) is 6.38. The van der Waals surface area contributed by atoms with E-state index in [2.05, 4.69) is 26.0 Å². The molecule has 0 aliphatic rings. The second-order valence-electron chi connectivity index (χ2n) is 4.12. The van der Waals surface area contributed by atoms with Crippen LogP contribution >= 0.6 is 15.9 Å². The molecule has 0 aliphatic heterocycles. The molecule has 20 heavy (non-hydrogen) atoms. The highest BCUT2D eigenvalue weighted by molar-refractivity contribution is 9.10. The molecule has 0 fully saturated rings. The summed E-state index contributed by atoms with van der Waals surface area (Å²) in [6, 6.07) is 7.33. The Morgan fingerprint density at radius 2 is 2.10 bits per heavy atom. The summed E-state index contributed by atoms with van der Waals surface area (Å²) in [7, 11) is 0. The molecule has 7 heteroatoms. The minimum atomic E-state index is -1.04. The second kappa shape index (κ2) is 4.68. The molecule has 2 heterocycles. The predicted molar refractivity (Wildman–Crippen MR) is 73.0 cm³/mol. The molecule has 0 unspecified atom stereocenters. The number of halogens is 2. The van der Waals surface area contributed by atoms with Crippen molar-refractivity contribution in [2.75, 3.05) is 0 Å². The van der Waals surface area contributed by atoms with Crippen molar-refractivity contribution in [2.24, 2.45) is 0 Å². The highest BCUT2D eigenvalue weighted by Crippen LogP contribution is 2.22. The molecule has 0 aliphatic carbocycles. The van der Waals surface area contributed by atoms with Crippen LogP contribution in [0.25, 0.3) is 17.0 Å². The number of carboxylic acids is 1. The normalized spacial score (nSPS) is 10.9. The third-order valence-electron chi connectivity index (χ3n) is 2.70. The fourth-order valence-corrected chi connectivity index (χ4v) is 2.28. The van der Waals surface area contributed by atoms with E-state index < -0.39 is 11.8 Å². The van der Waals surface area contributed by atoms with Crippen LogP contribution in [0.4, 0.5) is 4.39 Å². The molecule has 0 bridgehead atoms. The van der Waals surface area contributed by atoms with Crippen LogP contribution in [0.1, 0.15) is 10.4 Å². The van der Waals surface area contributed by atoms with Crippen LogP contribution in [0.3, 0.4) is 0 Å². The topological polar surface area (TPSA) is 67.5 Å². The van der Waals surface area contributed by atoms with E-state index in [-0.39, 0.29) is 5.56 Å². The summed E-state index contributed by atoms with van der Waals surface area (Å²) < 4.78 is 15.3. The number of hydrogen-bond acceptors (Lipinski definition) is 3. The lowest BCUT2D eigenvalue weighted by Gasteiger charge is -1.97. The number of carboxylic acid groups (broad SMARTS) is 1. The fraction of sp³-hybridized carbons (Fsp3) is 0.